The molecule has 0 aromatic heterocycles. The summed E-state index contributed by atoms with van der Waals surface area (Å²) in [5, 5.41) is 2.81. The molecular weight excluding hydrogens is 432 g/mol. The molecule has 148 valence electrons. The highest BCUT2D eigenvalue weighted by atomic mass is 79.9. The maximum Gasteiger partial charge on any atom is 0.408 e. The van der Waals surface area contributed by atoms with E-state index in [-0.39, 0.29) is 11.9 Å². The van der Waals surface area contributed by atoms with Crippen molar-refractivity contribution in [2.24, 2.45) is 4.99 Å². The molecule has 3 unspecified atom stereocenters. The number of alkyl carbamates (subject to hydrolysis) is 1. The third-order valence-corrected chi connectivity index (χ3v) is 5.68. The van der Waals surface area contributed by atoms with Crippen molar-refractivity contribution in [1.82, 2.24) is 5.32 Å². The molecule has 0 saturated carbocycles. The van der Waals surface area contributed by atoms with Gasteiger partial charge in [0.15, 0.2) is 0 Å². The molecule has 0 fully saturated rings. The van der Waals surface area contributed by atoms with Gasteiger partial charge in [0.25, 0.3) is 6.47 Å². The van der Waals surface area contributed by atoms with Crippen LogP contribution >= 0.6 is 27.7 Å². The molecule has 1 heterocycles. The highest BCUT2D eigenvalue weighted by molar-refractivity contribution is 9.10. The highest BCUT2D eigenvalue weighted by Crippen LogP contribution is 2.39. The zero-order chi connectivity index (χ0) is 20.1. The minimum Gasteiger partial charge on any atom is -0.466 e. The Hall–Kier alpha value is -1.54. The number of rotatable bonds is 6. The van der Waals surface area contributed by atoms with Gasteiger partial charge in [0.05, 0.1) is 17.1 Å². The lowest BCUT2D eigenvalue weighted by atomic mass is 9.86. The molecule has 1 N–H and O–H groups in total. The SMILES string of the molecule is CC(C)(C)OC(=O)NC(COC=O)C1CC(C)(c2cccc(Br)c2)N=CS1. The lowest BCUT2D eigenvalue weighted by Gasteiger charge is -2.37. The van der Waals surface area contributed by atoms with Crippen LogP contribution in [0.1, 0.15) is 39.7 Å². The molecule has 27 heavy (non-hydrogen) atoms. The van der Waals surface area contributed by atoms with Gasteiger partial charge in [0.2, 0.25) is 0 Å². The largest absolute Gasteiger partial charge is 0.466 e. The van der Waals surface area contributed by atoms with Crippen LogP contribution in [-0.2, 0) is 19.8 Å². The number of amides is 1. The predicted molar refractivity (Wildman–Crippen MR) is 111 cm³/mol. The first-order valence-electron chi connectivity index (χ1n) is 8.63. The summed E-state index contributed by atoms with van der Waals surface area (Å²) in [6.07, 6.45) is 0.141. The standard InChI is InChI=1S/C19H25BrN2O4S/c1-18(2,3)26-17(24)22-15(10-25-12-23)16-9-19(4,21-11-27-16)13-6-5-7-14(20)8-13/h5-8,11-12,15-16H,9-10H2,1-4H3,(H,22,24). The summed E-state index contributed by atoms with van der Waals surface area (Å²) < 4.78 is 11.3. The molecule has 0 spiro atoms. The van der Waals surface area contributed by atoms with Gasteiger partial charge in [0.1, 0.15) is 12.2 Å². The molecule has 0 radical (unpaired) electrons. The van der Waals surface area contributed by atoms with Crippen molar-refractivity contribution in [2.75, 3.05) is 6.61 Å². The van der Waals surface area contributed by atoms with Crippen LogP contribution in [0.5, 0.6) is 0 Å². The minimum absolute atomic E-state index is 0.0288. The van der Waals surface area contributed by atoms with E-state index in [1.807, 2.05) is 24.3 Å². The summed E-state index contributed by atoms with van der Waals surface area (Å²) in [7, 11) is 0. The second kappa shape index (κ2) is 9.10. The molecule has 1 amide bonds. The fourth-order valence-electron chi connectivity index (χ4n) is 2.81. The van der Waals surface area contributed by atoms with Crippen molar-refractivity contribution in [2.45, 2.75) is 56.5 Å². The van der Waals surface area contributed by atoms with E-state index in [0.29, 0.717) is 12.9 Å². The number of hydrogen-bond acceptors (Lipinski definition) is 6. The first-order valence-corrected chi connectivity index (χ1v) is 10.4. The van der Waals surface area contributed by atoms with Crippen molar-refractivity contribution in [3.05, 3.63) is 34.3 Å². The zero-order valence-electron chi connectivity index (χ0n) is 15.9. The fraction of sp³-hybridized carbons (Fsp3) is 0.526. The number of hydrogen-bond donors (Lipinski definition) is 1. The molecular formula is C19H25BrN2O4S. The van der Waals surface area contributed by atoms with Crippen LogP contribution in [0.4, 0.5) is 4.79 Å². The van der Waals surface area contributed by atoms with E-state index in [9.17, 15) is 9.59 Å². The van der Waals surface area contributed by atoms with E-state index in [2.05, 4.69) is 33.2 Å². The molecule has 0 bridgehead atoms. The quantitative estimate of drug-likeness (QED) is 0.646. The second-order valence-electron chi connectivity index (χ2n) is 7.58. The average Bonchev–Trinajstić information content (AvgIpc) is 2.57. The minimum atomic E-state index is -0.605. The number of benzene rings is 1. The molecule has 1 aromatic carbocycles. The van der Waals surface area contributed by atoms with Crippen LogP contribution in [0.3, 0.4) is 0 Å². The van der Waals surface area contributed by atoms with E-state index >= 15 is 0 Å². The van der Waals surface area contributed by atoms with Crippen molar-refractivity contribution in [1.29, 1.82) is 0 Å². The van der Waals surface area contributed by atoms with E-state index in [0.717, 1.165) is 10.0 Å². The van der Waals surface area contributed by atoms with E-state index < -0.39 is 23.3 Å². The molecule has 0 aliphatic carbocycles. The number of halogens is 1. The Morgan fingerprint density at radius 3 is 2.89 bits per heavy atom. The molecule has 6 nitrogen and oxygen atoms in total. The topological polar surface area (TPSA) is 77.0 Å². The normalized spacial score (nSPS) is 23.4. The monoisotopic (exact) mass is 456 g/mol. The Morgan fingerprint density at radius 2 is 2.26 bits per heavy atom. The highest BCUT2D eigenvalue weighted by Gasteiger charge is 2.37. The molecule has 3 atom stereocenters. The number of aliphatic imine (C=N–C) groups is 1. The fourth-order valence-corrected chi connectivity index (χ4v) is 4.42. The van der Waals surface area contributed by atoms with Crippen molar-refractivity contribution < 1.29 is 19.1 Å². The number of ether oxygens (including phenoxy) is 2. The predicted octanol–water partition coefficient (Wildman–Crippen LogP) is 4.26. The Kier molecular flexibility index (Phi) is 7.33. The maximum atomic E-state index is 12.2. The summed E-state index contributed by atoms with van der Waals surface area (Å²) in [4.78, 5) is 27.6. The Balaban J connectivity index is 2.17. The van der Waals surface area contributed by atoms with Gasteiger partial charge in [-0.05, 0) is 51.8 Å². The van der Waals surface area contributed by atoms with Gasteiger partial charge in [-0.25, -0.2) is 4.79 Å². The molecule has 1 aliphatic rings. The van der Waals surface area contributed by atoms with Crippen molar-refractivity contribution in [3.63, 3.8) is 0 Å². The summed E-state index contributed by atoms with van der Waals surface area (Å²) in [6, 6.07) is 7.63. The lowest BCUT2D eigenvalue weighted by Crippen LogP contribution is -2.49. The van der Waals surface area contributed by atoms with E-state index in [1.165, 1.54) is 11.8 Å². The summed E-state index contributed by atoms with van der Waals surface area (Å²) >= 11 is 5.02. The number of thioether (sulfide) groups is 1. The van der Waals surface area contributed by atoms with Crippen LogP contribution in [0.15, 0.2) is 33.7 Å². The zero-order valence-corrected chi connectivity index (χ0v) is 18.3. The summed E-state index contributed by atoms with van der Waals surface area (Å²) in [5.74, 6) is 0. The molecule has 2 rings (SSSR count). The number of nitrogens with zero attached hydrogens (tertiary/aromatic N) is 1. The van der Waals surface area contributed by atoms with Crippen LogP contribution in [0.2, 0.25) is 0 Å². The van der Waals surface area contributed by atoms with Gasteiger partial charge in [-0.15, -0.1) is 11.8 Å². The van der Waals surface area contributed by atoms with Gasteiger partial charge in [-0.3, -0.25) is 9.79 Å². The van der Waals surface area contributed by atoms with Gasteiger partial charge in [0, 0.05) is 9.72 Å². The first-order chi connectivity index (χ1) is 12.6. The lowest BCUT2D eigenvalue weighted by molar-refractivity contribution is -0.129. The van der Waals surface area contributed by atoms with Crippen LogP contribution in [-0.4, -0.2) is 41.6 Å². The smallest absolute Gasteiger partial charge is 0.408 e. The number of carbonyl (C=O) groups excluding carboxylic acids is 2. The second-order valence-corrected chi connectivity index (χ2v) is 9.58. The van der Waals surface area contributed by atoms with E-state index in [4.69, 9.17) is 9.47 Å². The number of carbonyl (C=O) groups is 2. The Morgan fingerprint density at radius 1 is 1.52 bits per heavy atom. The van der Waals surface area contributed by atoms with Gasteiger partial charge >= 0.3 is 6.09 Å². The van der Waals surface area contributed by atoms with Gasteiger partial charge in [-0.2, -0.15) is 0 Å². The third-order valence-electron chi connectivity index (χ3n) is 4.11. The van der Waals surface area contributed by atoms with Crippen LogP contribution < -0.4 is 5.32 Å². The third kappa shape index (κ3) is 6.53. The molecule has 1 aliphatic heterocycles. The van der Waals surface area contributed by atoms with Gasteiger partial charge < -0.3 is 14.8 Å². The molecule has 1 aromatic rings. The summed E-state index contributed by atoms with van der Waals surface area (Å²) in [5.41, 5.74) is 1.84. The van der Waals surface area contributed by atoms with Crippen LogP contribution in [0, 0.1) is 0 Å². The molecule has 8 heteroatoms. The van der Waals surface area contributed by atoms with Crippen LogP contribution in [0.25, 0.3) is 0 Å². The molecule has 0 saturated heterocycles. The maximum absolute atomic E-state index is 12.2. The average molecular weight is 457 g/mol. The van der Waals surface area contributed by atoms with Gasteiger partial charge in [-0.1, -0.05) is 28.1 Å². The van der Waals surface area contributed by atoms with Crippen molar-refractivity contribution >= 4 is 45.8 Å². The Bertz CT molecular complexity index is 707. The number of nitrogens with one attached hydrogen (secondary N) is 1. The Labute approximate surface area is 172 Å². The van der Waals surface area contributed by atoms with Crippen molar-refractivity contribution in [3.8, 4) is 0 Å². The van der Waals surface area contributed by atoms with E-state index in [1.54, 1.807) is 26.3 Å². The first kappa shape index (κ1) is 21.8. The summed E-state index contributed by atoms with van der Waals surface area (Å²) in [6.45, 7) is 7.92.